The third-order valence-corrected chi connectivity index (χ3v) is 7.12. The SMILES string of the molecule is C.C.C.C.COC(CC(=O)Nc1ccc(S(=O)(=O)O)cc1)(Cc1ccccc1)C(C)=O.COC(Cc1ccccc1)C(C)=O.F. The first-order valence-electron chi connectivity index (χ1n) is 12.4. The Morgan fingerprint density at radius 1 is 0.800 bits per heavy atom. The summed E-state index contributed by atoms with van der Waals surface area (Å²) in [6, 6.07) is 24.1. The minimum absolute atomic E-state index is 0. The van der Waals surface area contributed by atoms with Crippen LogP contribution in [-0.2, 0) is 46.8 Å². The number of anilines is 1. The molecule has 0 spiro atoms. The van der Waals surface area contributed by atoms with Gasteiger partial charge in [0.05, 0.1) is 11.3 Å². The van der Waals surface area contributed by atoms with E-state index in [0.29, 0.717) is 12.1 Å². The van der Waals surface area contributed by atoms with Crippen molar-refractivity contribution in [3.8, 4) is 0 Å². The highest BCUT2D eigenvalue weighted by atomic mass is 32.2. The van der Waals surface area contributed by atoms with Crippen molar-refractivity contribution >= 4 is 33.3 Å². The number of amides is 1. The van der Waals surface area contributed by atoms with Gasteiger partial charge in [-0.25, -0.2) is 0 Å². The Morgan fingerprint density at radius 3 is 1.64 bits per heavy atom. The van der Waals surface area contributed by atoms with Crippen LogP contribution in [0.2, 0.25) is 0 Å². The van der Waals surface area contributed by atoms with E-state index in [-0.39, 0.29) is 69.8 Å². The van der Waals surface area contributed by atoms with Gasteiger partial charge in [-0.15, -0.1) is 0 Å². The lowest BCUT2D eigenvalue weighted by Crippen LogP contribution is -2.44. The minimum atomic E-state index is -4.30. The molecule has 11 heteroatoms. The van der Waals surface area contributed by atoms with Crippen molar-refractivity contribution < 1.29 is 41.5 Å². The molecule has 3 aromatic carbocycles. The molecule has 0 aliphatic rings. The Morgan fingerprint density at radius 2 is 1.27 bits per heavy atom. The Balaban J connectivity index is -0.000000402. The van der Waals surface area contributed by atoms with Crippen LogP contribution < -0.4 is 5.32 Å². The van der Waals surface area contributed by atoms with E-state index in [2.05, 4.69) is 5.32 Å². The van der Waals surface area contributed by atoms with Crippen molar-refractivity contribution in [1.29, 1.82) is 0 Å². The fourth-order valence-electron chi connectivity index (χ4n) is 3.92. The number of hydrogen-bond acceptors (Lipinski definition) is 7. The topological polar surface area (TPSA) is 136 Å². The molecule has 45 heavy (non-hydrogen) atoms. The third-order valence-electron chi connectivity index (χ3n) is 6.25. The molecular weight excluding hydrogens is 601 g/mol. The molecule has 0 bridgehead atoms. The summed E-state index contributed by atoms with van der Waals surface area (Å²) in [6.45, 7) is 2.93. The van der Waals surface area contributed by atoms with Crippen molar-refractivity contribution in [2.24, 2.45) is 0 Å². The van der Waals surface area contributed by atoms with E-state index in [9.17, 15) is 22.8 Å². The lowest BCUT2D eigenvalue weighted by Gasteiger charge is -2.29. The number of benzene rings is 3. The molecule has 2 unspecified atom stereocenters. The summed E-state index contributed by atoms with van der Waals surface area (Å²) >= 11 is 0. The molecule has 3 aromatic rings. The predicted octanol–water partition coefficient (Wildman–Crippen LogP) is 7.01. The minimum Gasteiger partial charge on any atom is -0.373 e. The second kappa shape index (κ2) is 22.7. The number of Topliss-reactive ketones (excluding diaryl/α,β-unsaturated/α-hetero) is 2. The number of methoxy groups -OCH3 is 2. The van der Waals surface area contributed by atoms with E-state index in [1.807, 2.05) is 60.7 Å². The zero-order valence-electron chi connectivity index (χ0n) is 23.4. The van der Waals surface area contributed by atoms with Gasteiger partial charge in [-0.1, -0.05) is 90.4 Å². The first-order chi connectivity index (χ1) is 18.9. The number of ketones is 2. The summed E-state index contributed by atoms with van der Waals surface area (Å²) in [5, 5.41) is 2.60. The fourth-order valence-corrected chi connectivity index (χ4v) is 4.40. The largest absolute Gasteiger partial charge is 0.373 e. The second-order valence-corrected chi connectivity index (χ2v) is 10.6. The van der Waals surface area contributed by atoms with Gasteiger partial charge in [0.1, 0.15) is 11.7 Å². The molecule has 9 nitrogen and oxygen atoms in total. The van der Waals surface area contributed by atoms with Gasteiger partial charge in [0, 0.05) is 32.7 Å². The van der Waals surface area contributed by atoms with Gasteiger partial charge < -0.3 is 14.8 Å². The lowest BCUT2D eigenvalue weighted by atomic mass is 9.87. The maximum atomic E-state index is 12.5. The molecular formula is C34H52FNO8S. The van der Waals surface area contributed by atoms with Gasteiger partial charge >= 0.3 is 0 Å². The molecule has 0 saturated heterocycles. The number of carbonyl (C=O) groups excluding carboxylic acids is 3. The van der Waals surface area contributed by atoms with Gasteiger partial charge in [-0.3, -0.25) is 23.6 Å². The Labute approximate surface area is 269 Å². The molecule has 0 saturated carbocycles. The molecule has 0 fully saturated rings. The van der Waals surface area contributed by atoms with Crippen molar-refractivity contribution in [1.82, 2.24) is 0 Å². The second-order valence-electron chi connectivity index (χ2n) is 9.17. The van der Waals surface area contributed by atoms with E-state index in [0.717, 1.165) is 11.1 Å². The first kappa shape index (κ1) is 48.1. The first-order valence-corrected chi connectivity index (χ1v) is 13.9. The molecule has 1 amide bonds. The van der Waals surface area contributed by atoms with Crippen LogP contribution >= 0.6 is 0 Å². The molecule has 0 aliphatic heterocycles. The third kappa shape index (κ3) is 15.7. The van der Waals surface area contributed by atoms with Crippen molar-refractivity contribution in [3.63, 3.8) is 0 Å². The van der Waals surface area contributed by atoms with Crippen LogP contribution in [-0.4, -0.2) is 56.4 Å². The predicted molar refractivity (Wildman–Crippen MR) is 181 cm³/mol. The van der Waals surface area contributed by atoms with Crippen molar-refractivity contribution in [3.05, 3.63) is 96.1 Å². The van der Waals surface area contributed by atoms with Gasteiger partial charge in [-0.2, -0.15) is 8.42 Å². The van der Waals surface area contributed by atoms with E-state index in [1.165, 1.54) is 38.3 Å². The van der Waals surface area contributed by atoms with Crippen LogP contribution in [0.4, 0.5) is 10.4 Å². The van der Waals surface area contributed by atoms with E-state index in [4.69, 9.17) is 14.0 Å². The number of rotatable bonds is 12. The average molecular weight is 654 g/mol. The Hall–Kier alpha value is -3.77. The zero-order chi connectivity index (χ0) is 29.8. The summed E-state index contributed by atoms with van der Waals surface area (Å²) in [7, 11) is -1.35. The number of carbonyl (C=O) groups is 3. The van der Waals surface area contributed by atoms with Crippen molar-refractivity contribution in [2.75, 3.05) is 19.5 Å². The molecule has 0 radical (unpaired) electrons. The number of nitrogens with one attached hydrogen (secondary N) is 1. The van der Waals surface area contributed by atoms with Gasteiger partial charge in [0.25, 0.3) is 10.1 Å². The summed E-state index contributed by atoms with van der Waals surface area (Å²) in [4.78, 5) is 35.5. The van der Waals surface area contributed by atoms with Crippen LogP contribution in [0.3, 0.4) is 0 Å². The maximum absolute atomic E-state index is 12.5. The monoisotopic (exact) mass is 653 g/mol. The summed E-state index contributed by atoms with van der Waals surface area (Å²) in [5.41, 5.74) is 1.02. The zero-order valence-corrected chi connectivity index (χ0v) is 24.2. The van der Waals surface area contributed by atoms with E-state index < -0.39 is 21.6 Å². The number of halogens is 1. The molecule has 0 aromatic heterocycles. The molecule has 0 heterocycles. The fraction of sp³-hybridized carbons (Fsp3) is 0.382. The van der Waals surface area contributed by atoms with Gasteiger partial charge in [0.15, 0.2) is 11.6 Å². The standard InChI is InChI=1S/C19H21NO6S.C11H14O2.4CH4.FH/c1-14(21)19(26-2,12-15-6-4-3-5-7-15)13-18(22)20-16-8-10-17(11-9-16)27(23,24)25;1-9(12)11(13-2)8-10-6-4-3-5-7-10;;;;;/h3-11H,12-13H2,1-2H3,(H,20,22)(H,23,24,25);3-7,11H,8H2,1-2H3;4*1H4;1H. The maximum Gasteiger partial charge on any atom is 0.294 e. The smallest absolute Gasteiger partial charge is 0.294 e. The van der Waals surface area contributed by atoms with Crippen LogP contribution in [0.5, 0.6) is 0 Å². The highest BCUT2D eigenvalue weighted by Crippen LogP contribution is 2.24. The Kier molecular flexibility index (Phi) is 24.3. The summed E-state index contributed by atoms with van der Waals surface area (Å²) in [5.74, 6) is -0.653. The van der Waals surface area contributed by atoms with Crippen molar-refractivity contribution in [2.45, 2.75) is 79.4 Å². The van der Waals surface area contributed by atoms with E-state index in [1.54, 1.807) is 14.0 Å². The van der Waals surface area contributed by atoms with Gasteiger partial charge in [0.2, 0.25) is 5.91 Å². The van der Waals surface area contributed by atoms with Crippen LogP contribution in [0.1, 0.15) is 61.1 Å². The Bertz CT molecular complexity index is 1370. The van der Waals surface area contributed by atoms with Crippen LogP contribution in [0.15, 0.2) is 89.8 Å². The number of ether oxygens (including phenoxy) is 2. The number of hydrogen-bond donors (Lipinski definition) is 2. The van der Waals surface area contributed by atoms with Gasteiger partial charge in [-0.05, 0) is 49.2 Å². The highest BCUT2D eigenvalue weighted by molar-refractivity contribution is 7.85. The molecule has 2 atom stereocenters. The average Bonchev–Trinajstić information content (AvgIpc) is 2.92. The molecule has 3 rings (SSSR count). The highest BCUT2D eigenvalue weighted by Gasteiger charge is 2.38. The van der Waals surface area contributed by atoms with Crippen LogP contribution in [0.25, 0.3) is 0 Å². The van der Waals surface area contributed by atoms with E-state index >= 15 is 0 Å². The quantitative estimate of drug-likeness (QED) is 0.199. The molecule has 0 aliphatic carbocycles. The summed E-state index contributed by atoms with van der Waals surface area (Å²) < 4.78 is 41.6. The summed E-state index contributed by atoms with van der Waals surface area (Å²) in [6.07, 6.45) is 0.400. The molecule has 254 valence electrons. The lowest BCUT2D eigenvalue weighted by molar-refractivity contribution is -0.144. The van der Waals surface area contributed by atoms with Crippen LogP contribution in [0, 0.1) is 0 Å². The molecule has 2 N–H and O–H groups in total. The normalized spacial score (nSPS) is 11.8.